The van der Waals surface area contributed by atoms with Gasteiger partial charge in [-0.1, -0.05) is 24.3 Å². The van der Waals surface area contributed by atoms with E-state index in [0.29, 0.717) is 0 Å². The highest BCUT2D eigenvalue weighted by atomic mass is 19.4. The Bertz CT molecular complexity index is 666. The molecule has 0 aliphatic carbocycles. The normalized spacial score (nSPS) is 11.9. The molecule has 110 valence electrons. The van der Waals surface area contributed by atoms with E-state index in [9.17, 15) is 13.2 Å². The number of rotatable bonds is 3. The molecule has 1 N–H and O–H groups in total. The summed E-state index contributed by atoms with van der Waals surface area (Å²) < 4.78 is 37.9. The van der Waals surface area contributed by atoms with Crippen LogP contribution in [-0.2, 0) is 6.18 Å². The summed E-state index contributed by atoms with van der Waals surface area (Å²) in [5.41, 5.74) is 3.50. The van der Waals surface area contributed by atoms with Crippen molar-refractivity contribution in [3.8, 4) is 0 Å². The van der Waals surface area contributed by atoms with Crippen LogP contribution in [0, 0.1) is 13.8 Å². The lowest BCUT2D eigenvalue weighted by Crippen LogP contribution is -2.11. The van der Waals surface area contributed by atoms with Gasteiger partial charge >= 0.3 is 6.18 Å². The number of hydrogen-bond donors (Lipinski definition) is 1. The van der Waals surface area contributed by atoms with E-state index < -0.39 is 11.9 Å². The van der Waals surface area contributed by atoms with Gasteiger partial charge in [-0.05, 0) is 31.0 Å². The Morgan fingerprint density at radius 3 is 2.52 bits per heavy atom. The van der Waals surface area contributed by atoms with Crippen molar-refractivity contribution in [1.29, 1.82) is 0 Å². The summed E-state index contributed by atoms with van der Waals surface area (Å²) in [5.74, 6) is -0.188. The zero-order chi connectivity index (χ0) is 15.5. The van der Waals surface area contributed by atoms with E-state index in [1.165, 1.54) is 13.1 Å². The maximum absolute atomic E-state index is 12.6. The molecule has 0 saturated carbocycles. The van der Waals surface area contributed by atoms with Crippen LogP contribution in [0.1, 0.15) is 22.5 Å². The summed E-state index contributed by atoms with van der Waals surface area (Å²) in [7, 11) is 0. The van der Waals surface area contributed by atoms with Crippen LogP contribution in [0.15, 0.2) is 35.4 Å². The van der Waals surface area contributed by atoms with E-state index >= 15 is 0 Å². The molecule has 0 fully saturated rings. The van der Waals surface area contributed by atoms with E-state index in [2.05, 4.69) is 20.5 Å². The monoisotopic (exact) mass is 294 g/mol. The maximum Gasteiger partial charge on any atom is 0.433 e. The highest BCUT2D eigenvalue weighted by molar-refractivity contribution is 5.81. The molecule has 0 aliphatic rings. The number of nitrogens with zero attached hydrogens (tertiary/aromatic N) is 3. The van der Waals surface area contributed by atoms with Crippen LogP contribution in [0.4, 0.5) is 19.1 Å². The fraction of sp³-hybridized carbons (Fsp3) is 0.214. The molecule has 0 aliphatic heterocycles. The Balaban J connectivity index is 2.17. The molecule has 2 aromatic rings. The van der Waals surface area contributed by atoms with Crippen molar-refractivity contribution in [2.24, 2.45) is 5.10 Å². The predicted molar refractivity (Wildman–Crippen MR) is 74.2 cm³/mol. The minimum absolute atomic E-state index is 0.188. The first-order valence-corrected chi connectivity index (χ1v) is 6.14. The van der Waals surface area contributed by atoms with Crippen LogP contribution in [0.5, 0.6) is 0 Å². The second kappa shape index (κ2) is 5.90. The Hall–Kier alpha value is -2.44. The van der Waals surface area contributed by atoms with E-state index in [1.54, 1.807) is 0 Å². The number of nitrogens with one attached hydrogen (secondary N) is 1. The van der Waals surface area contributed by atoms with Gasteiger partial charge in [0.1, 0.15) is 5.69 Å². The molecular weight excluding hydrogens is 281 g/mol. The highest BCUT2D eigenvalue weighted by Crippen LogP contribution is 2.28. The molecule has 1 aromatic heterocycles. The number of aromatic nitrogens is 2. The average Bonchev–Trinajstić information content (AvgIpc) is 2.39. The quantitative estimate of drug-likeness (QED) is 0.695. The third kappa shape index (κ3) is 4.01. The van der Waals surface area contributed by atoms with Gasteiger partial charge in [-0.25, -0.2) is 15.4 Å². The lowest BCUT2D eigenvalue weighted by Gasteiger charge is -2.08. The molecule has 1 heterocycles. The largest absolute Gasteiger partial charge is 0.433 e. The second-order valence-electron chi connectivity index (χ2n) is 4.44. The third-order valence-corrected chi connectivity index (χ3v) is 2.70. The summed E-state index contributed by atoms with van der Waals surface area (Å²) in [6.45, 7) is 3.37. The van der Waals surface area contributed by atoms with Gasteiger partial charge in [0.15, 0.2) is 0 Å². The van der Waals surface area contributed by atoms with Gasteiger partial charge in [0.05, 0.1) is 6.21 Å². The smallest absolute Gasteiger partial charge is 0.245 e. The fourth-order valence-electron chi connectivity index (χ4n) is 1.65. The number of halogens is 3. The summed E-state index contributed by atoms with van der Waals surface area (Å²) >= 11 is 0. The van der Waals surface area contributed by atoms with Crippen LogP contribution in [0.25, 0.3) is 0 Å². The van der Waals surface area contributed by atoms with Gasteiger partial charge in [0.25, 0.3) is 0 Å². The zero-order valence-corrected chi connectivity index (χ0v) is 11.4. The van der Waals surface area contributed by atoms with Crippen LogP contribution < -0.4 is 5.43 Å². The zero-order valence-electron chi connectivity index (χ0n) is 11.4. The number of benzene rings is 1. The molecular formula is C14H13F3N4. The number of hydrogen-bond acceptors (Lipinski definition) is 4. The topological polar surface area (TPSA) is 50.2 Å². The van der Waals surface area contributed by atoms with Crippen molar-refractivity contribution >= 4 is 12.2 Å². The summed E-state index contributed by atoms with van der Waals surface area (Å²) in [4.78, 5) is 7.26. The first-order chi connectivity index (χ1) is 9.86. The molecule has 0 atom stereocenters. The van der Waals surface area contributed by atoms with Crippen molar-refractivity contribution in [3.63, 3.8) is 0 Å². The molecule has 0 spiro atoms. The predicted octanol–water partition coefficient (Wildman–Crippen LogP) is 3.56. The van der Waals surface area contributed by atoms with Gasteiger partial charge in [0, 0.05) is 5.69 Å². The van der Waals surface area contributed by atoms with Crippen molar-refractivity contribution in [3.05, 3.63) is 52.8 Å². The minimum Gasteiger partial charge on any atom is -0.245 e. The van der Waals surface area contributed by atoms with E-state index in [4.69, 9.17) is 0 Å². The first kappa shape index (κ1) is 15.0. The molecule has 21 heavy (non-hydrogen) atoms. The molecule has 0 bridgehead atoms. The summed E-state index contributed by atoms with van der Waals surface area (Å²) in [6.07, 6.45) is -3.00. The van der Waals surface area contributed by atoms with Crippen LogP contribution in [-0.4, -0.2) is 16.2 Å². The number of anilines is 1. The summed E-state index contributed by atoms with van der Waals surface area (Å²) in [6, 6.07) is 8.37. The Kier molecular flexibility index (Phi) is 4.21. The van der Waals surface area contributed by atoms with Crippen molar-refractivity contribution in [1.82, 2.24) is 9.97 Å². The Labute approximate surface area is 119 Å². The van der Waals surface area contributed by atoms with Crippen LogP contribution in [0.3, 0.4) is 0 Å². The van der Waals surface area contributed by atoms with Crippen molar-refractivity contribution < 1.29 is 13.2 Å². The van der Waals surface area contributed by atoms with Gasteiger partial charge in [-0.3, -0.25) is 0 Å². The van der Waals surface area contributed by atoms with Gasteiger partial charge in [-0.2, -0.15) is 18.3 Å². The average molecular weight is 294 g/mol. The number of alkyl halides is 3. The molecule has 0 amide bonds. The molecule has 0 saturated heterocycles. The lowest BCUT2D eigenvalue weighted by molar-refractivity contribution is -0.141. The van der Waals surface area contributed by atoms with Crippen molar-refractivity contribution in [2.75, 3.05) is 5.43 Å². The Morgan fingerprint density at radius 1 is 1.14 bits per heavy atom. The highest BCUT2D eigenvalue weighted by Gasteiger charge is 2.33. The van der Waals surface area contributed by atoms with Crippen LogP contribution in [0.2, 0.25) is 0 Å². The number of hydrazone groups is 1. The summed E-state index contributed by atoms with van der Waals surface area (Å²) in [5, 5.41) is 3.87. The van der Waals surface area contributed by atoms with E-state index in [0.717, 1.165) is 17.2 Å². The number of aryl methyl sites for hydroxylation is 2. The Morgan fingerprint density at radius 2 is 1.86 bits per heavy atom. The van der Waals surface area contributed by atoms with Gasteiger partial charge < -0.3 is 0 Å². The maximum atomic E-state index is 12.6. The fourth-order valence-corrected chi connectivity index (χ4v) is 1.65. The molecule has 0 unspecified atom stereocenters. The molecule has 1 aromatic carbocycles. The van der Waals surface area contributed by atoms with Gasteiger partial charge in [0.2, 0.25) is 5.95 Å². The first-order valence-electron chi connectivity index (χ1n) is 6.14. The minimum atomic E-state index is -4.51. The van der Waals surface area contributed by atoms with E-state index in [-0.39, 0.29) is 11.6 Å². The van der Waals surface area contributed by atoms with Crippen molar-refractivity contribution in [2.45, 2.75) is 20.0 Å². The molecule has 7 heteroatoms. The molecule has 4 nitrogen and oxygen atoms in total. The molecule has 0 radical (unpaired) electrons. The van der Waals surface area contributed by atoms with Gasteiger partial charge in [-0.15, -0.1) is 0 Å². The van der Waals surface area contributed by atoms with E-state index in [1.807, 2.05) is 31.2 Å². The SMILES string of the molecule is Cc1cc(C(F)(F)F)nc(N/N=C/c2ccccc2C)n1. The van der Waals surface area contributed by atoms with Crippen LogP contribution >= 0.6 is 0 Å². The lowest BCUT2D eigenvalue weighted by atomic mass is 10.1. The third-order valence-electron chi connectivity index (χ3n) is 2.70. The molecule has 2 rings (SSSR count). The second-order valence-corrected chi connectivity index (χ2v) is 4.44. The standard InChI is InChI=1S/C14H13F3N4/c1-9-5-3-4-6-11(9)8-18-21-13-19-10(2)7-12(20-13)14(15,16)17/h3-8H,1-2H3,(H,19,20,21)/b18-8+.